The minimum atomic E-state index is 0.727. The number of anilines is 1. The van der Waals surface area contributed by atoms with Crippen molar-refractivity contribution in [1.82, 2.24) is 0 Å². The highest BCUT2D eigenvalue weighted by Crippen LogP contribution is 2.32. The van der Waals surface area contributed by atoms with Crippen LogP contribution in [0.3, 0.4) is 0 Å². The molecule has 1 heterocycles. The number of hydrogen-bond acceptors (Lipinski definition) is 3. The quantitative estimate of drug-likeness (QED) is 0.653. The zero-order chi connectivity index (χ0) is 9.80. The van der Waals surface area contributed by atoms with Crippen molar-refractivity contribution in [3.05, 3.63) is 18.2 Å². The molecule has 2 rings (SSSR count). The van der Waals surface area contributed by atoms with Crippen molar-refractivity contribution in [1.29, 1.82) is 0 Å². The lowest BCUT2D eigenvalue weighted by atomic mass is 10.3. The molecule has 0 spiro atoms. The van der Waals surface area contributed by atoms with Crippen molar-refractivity contribution in [2.75, 3.05) is 24.0 Å². The van der Waals surface area contributed by atoms with Crippen molar-refractivity contribution in [3.63, 3.8) is 0 Å². The average Bonchev–Trinajstić information content (AvgIpc) is 2.42. The van der Waals surface area contributed by atoms with E-state index in [1.807, 2.05) is 18.2 Å². The number of nitrogens with one attached hydrogen (secondary N) is 1. The number of fused-ring (bicyclic) bond motifs is 1. The van der Waals surface area contributed by atoms with Gasteiger partial charge in [-0.15, -0.1) is 0 Å². The van der Waals surface area contributed by atoms with Gasteiger partial charge in [-0.1, -0.05) is 15.9 Å². The van der Waals surface area contributed by atoms with E-state index < -0.39 is 0 Å². The third-order valence-electron chi connectivity index (χ3n) is 2.02. The monoisotopic (exact) mass is 257 g/mol. The fraction of sp³-hybridized carbons (Fsp3) is 0.400. The number of benzene rings is 1. The molecule has 0 saturated carbocycles. The van der Waals surface area contributed by atoms with E-state index in [2.05, 4.69) is 21.2 Å². The summed E-state index contributed by atoms with van der Waals surface area (Å²) in [5.41, 5.74) is 1.76. The first-order valence-electron chi connectivity index (χ1n) is 4.59. The fourth-order valence-corrected chi connectivity index (χ4v) is 1.67. The summed E-state index contributed by atoms with van der Waals surface area (Å²) >= 11 is 3.31. The zero-order valence-electron chi connectivity index (χ0n) is 7.75. The summed E-state index contributed by atoms with van der Waals surface area (Å²) in [6, 6.07) is 5.88. The van der Waals surface area contributed by atoms with Crippen LogP contribution in [0.15, 0.2) is 18.2 Å². The smallest absolute Gasteiger partial charge is 0.163 e. The van der Waals surface area contributed by atoms with Gasteiger partial charge in [-0.05, 0) is 12.1 Å². The molecule has 1 aliphatic rings. The van der Waals surface area contributed by atoms with Crippen molar-refractivity contribution >= 4 is 21.6 Å². The number of hydrogen-bond donors (Lipinski definition) is 1. The highest BCUT2D eigenvalue weighted by Gasteiger charge is 2.09. The third-order valence-corrected chi connectivity index (χ3v) is 2.30. The third kappa shape index (κ3) is 2.12. The summed E-state index contributed by atoms with van der Waals surface area (Å²) in [4.78, 5) is 0. The second-order valence-electron chi connectivity index (χ2n) is 3.02. The minimum absolute atomic E-state index is 0.727. The van der Waals surface area contributed by atoms with Crippen LogP contribution >= 0.6 is 15.9 Å². The average molecular weight is 258 g/mol. The Hall–Kier alpha value is -0.900. The first-order chi connectivity index (χ1) is 6.90. The van der Waals surface area contributed by atoms with Crippen LogP contribution in [0, 0.1) is 0 Å². The Balaban J connectivity index is 2.23. The van der Waals surface area contributed by atoms with Gasteiger partial charge in [0, 0.05) is 18.2 Å². The summed E-state index contributed by atoms with van der Waals surface area (Å²) in [5, 5.41) is 3.16. The Morgan fingerprint density at radius 3 is 2.79 bits per heavy atom. The van der Waals surface area contributed by atoms with Crippen LogP contribution in [0.5, 0.6) is 11.5 Å². The summed E-state index contributed by atoms with van der Waals surface area (Å²) < 4.78 is 11.1. The van der Waals surface area contributed by atoms with Gasteiger partial charge in [-0.3, -0.25) is 0 Å². The van der Waals surface area contributed by atoms with Gasteiger partial charge < -0.3 is 14.8 Å². The van der Waals surface area contributed by atoms with Gasteiger partial charge in [0.25, 0.3) is 0 Å². The second kappa shape index (κ2) is 4.55. The molecule has 0 atom stereocenters. The first-order valence-corrected chi connectivity index (χ1v) is 5.72. The van der Waals surface area contributed by atoms with Gasteiger partial charge in [-0.25, -0.2) is 0 Å². The number of rotatable bonds is 2. The van der Waals surface area contributed by atoms with Crippen LogP contribution < -0.4 is 14.8 Å². The van der Waals surface area contributed by atoms with Crippen LogP contribution in [-0.4, -0.2) is 18.7 Å². The molecule has 14 heavy (non-hydrogen) atoms. The predicted octanol–water partition coefficient (Wildman–Crippen LogP) is 2.61. The largest absolute Gasteiger partial charge is 0.490 e. The Kier molecular flexibility index (Phi) is 3.14. The van der Waals surface area contributed by atoms with E-state index in [4.69, 9.17) is 9.47 Å². The first kappa shape index (κ1) is 9.65. The topological polar surface area (TPSA) is 30.5 Å². The molecule has 0 bridgehead atoms. The summed E-state index contributed by atoms with van der Waals surface area (Å²) in [6.07, 6.45) is 0.940. The lowest BCUT2D eigenvalue weighted by molar-refractivity contribution is 0.297. The van der Waals surface area contributed by atoms with Crippen molar-refractivity contribution in [3.8, 4) is 11.5 Å². The standard InChI is InChI=1S/C10H12BrNO2/c11-7-12-8-2-3-9-10(6-8)14-5-1-4-13-9/h2-3,6,12H,1,4-5,7H2. The Morgan fingerprint density at radius 2 is 2.00 bits per heavy atom. The SMILES string of the molecule is BrCNc1ccc2c(c1)OCCCO2. The van der Waals surface area contributed by atoms with E-state index in [9.17, 15) is 0 Å². The van der Waals surface area contributed by atoms with Crippen molar-refractivity contribution in [2.24, 2.45) is 0 Å². The van der Waals surface area contributed by atoms with Crippen molar-refractivity contribution < 1.29 is 9.47 Å². The van der Waals surface area contributed by atoms with Gasteiger partial charge in [0.1, 0.15) is 0 Å². The van der Waals surface area contributed by atoms with Gasteiger partial charge in [0.15, 0.2) is 11.5 Å². The maximum absolute atomic E-state index is 5.56. The van der Waals surface area contributed by atoms with E-state index in [1.165, 1.54) is 0 Å². The fourth-order valence-electron chi connectivity index (χ4n) is 1.35. The molecule has 1 aromatic carbocycles. The lowest BCUT2D eigenvalue weighted by Crippen LogP contribution is -1.97. The molecule has 0 aliphatic carbocycles. The second-order valence-corrected chi connectivity index (χ2v) is 3.58. The molecule has 1 N–H and O–H groups in total. The molecule has 0 radical (unpaired) electrons. The normalized spacial score (nSPS) is 14.6. The van der Waals surface area contributed by atoms with E-state index >= 15 is 0 Å². The Labute approximate surface area is 91.5 Å². The van der Waals surface area contributed by atoms with Crippen LogP contribution in [0.1, 0.15) is 6.42 Å². The van der Waals surface area contributed by atoms with Gasteiger partial charge in [-0.2, -0.15) is 0 Å². The molecular formula is C10H12BrNO2. The lowest BCUT2D eigenvalue weighted by Gasteiger charge is -2.09. The highest BCUT2D eigenvalue weighted by atomic mass is 79.9. The highest BCUT2D eigenvalue weighted by molar-refractivity contribution is 9.09. The molecule has 0 aromatic heterocycles. The molecule has 1 aliphatic heterocycles. The molecule has 0 fully saturated rings. The number of halogens is 1. The number of ether oxygens (including phenoxy) is 2. The molecule has 76 valence electrons. The van der Waals surface area contributed by atoms with E-state index in [-0.39, 0.29) is 0 Å². The maximum atomic E-state index is 5.56. The Bertz CT molecular complexity index is 317. The van der Waals surface area contributed by atoms with Gasteiger partial charge >= 0.3 is 0 Å². The molecule has 3 nitrogen and oxygen atoms in total. The van der Waals surface area contributed by atoms with E-state index in [0.717, 1.165) is 42.3 Å². The molecule has 0 amide bonds. The van der Waals surface area contributed by atoms with Crippen LogP contribution in [0.25, 0.3) is 0 Å². The van der Waals surface area contributed by atoms with Crippen LogP contribution in [0.2, 0.25) is 0 Å². The minimum Gasteiger partial charge on any atom is -0.490 e. The van der Waals surface area contributed by atoms with Crippen LogP contribution in [0.4, 0.5) is 5.69 Å². The van der Waals surface area contributed by atoms with Gasteiger partial charge in [0.2, 0.25) is 0 Å². The molecular weight excluding hydrogens is 246 g/mol. The predicted molar refractivity (Wildman–Crippen MR) is 59.5 cm³/mol. The Morgan fingerprint density at radius 1 is 1.21 bits per heavy atom. The van der Waals surface area contributed by atoms with E-state index in [1.54, 1.807) is 0 Å². The zero-order valence-corrected chi connectivity index (χ0v) is 9.34. The van der Waals surface area contributed by atoms with Crippen LogP contribution in [-0.2, 0) is 0 Å². The maximum Gasteiger partial charge on any atom is 0.163 e. The molecule has 0 unspecified atom stereocenters. The summed E-state index contributed by atoms with van der Waals surface area (Å²) in [7, 11) is 0. The van der Waals surface area contributed by atoms with Crippen molar-refractivity contribution in [2.45, 2.75) is 6.42 Å². The van der Waals surface area contributed by atoms with Gasteiger partial charge in [0.05, 0.1) is 18.7 Å². The number of alkyl halides is 1. The molecule has 0 saturated heterocycles. The molecule has 4 heteroatoms. The van der Waals surface area contributed by atoms with E-state index in [0.29, 0.717) is 0 Å². The summed E-state index contributed by atoms with van der Waals surface area (Å²) in [5.74, 6) is 1.66. The molecule has 1 aromatic rings. The summed E-state index contributed by atoms with van der Waals surface area (Å²) in [6.45, 7) is 1.46.